The first-order chi connectivity index (χ1) is 8.72. The maximum absolute atomic E-state index is 5.91. The van der Waals surface area contributed by atoms with Crippen LogP contribution in [0, 0.1) is 0 Å². The minimum absolute atomic E-state index is 0.631. The summed E-state index contributed by atoms with van der Waals surface area (Å²) in [7, 11) is 0. The summed E-state index contributed by atoms with van der Waals surface area (Å²) in [6.45, 7) is 0. The van der Waals surface area contributed by atoms with Crippen LogP contribution in [-0.4, -0.2) is 4.98 Å². The molecule has 1 aromatic heterocycles. The first kappa shape index (κ1) is 11.3. The number of rotatable bonds is 2. The summed E-state index contributed by atoms with van der Waals surface area (Å²) < 4.78 is 1.15. The van der Waals surface area contributed by atoms with E-state index in [1.165, 1.54) is 0 Å². The summed E-state index contributed by atoms with van der Waals surface area (Å²) in [5, 5.41) is 3.91. The summed E-state index contributed by atoms with van der Waals surface area (Å²) in [4.78, 5) is 4.24. The van der Waals surface area contributed by atoms with Crippen molar-refractivity contribution in [1.29, 1.82) is 0 Å². The van der Waals surface area contributed by atoms with Crippen molar-refractivity contribution in [3.05, 3.63) is 46.9 Å². The standard InChI is InChI=1S/C13H10ClN3S/c14-8-1-3-11(10(15)5-8)17-9-2-4-12-13(6-9)18-7-16-12/h1-7,17H,15H2. The lowest BCUT2D eigenvalue weighted by Crippen LogP contribution is -1.95. The van der Waals surface area contributed by atoms with Crippen LogP contribution < -0.4 is 11.1 Å². The molecule has 5 heteroatoms. The number of nitrogens with zero attached hydrogens (tertiary/aromatic N) is 1. The van der Waals surface area contributed by atoms with Gasteiger partial charge in [-0.2, -0.15) is 0 Å². The number of nitrogens with two attached hydrogens (primary N) is 1. The SMILES string of the molecule is Nc1cc(Cl)ccc1Nc1ccc2ncsc2c1. The number of hydrogen-bond donors (Lipinski definition) is 2. The Morgan fingerprint density at radius 1 is 1.17 bits per heavy atom. The largest absolute Gasteiger partial charge is 0.397 e. The van der Waals surface area contributed by atoms with Gasteiger partial charge in [-0.1, -0.05) is 11.6 Å². The van der Waals surface area contributed by atoms with Crippen molar-refractivity contribution in [2.45, 2.75) is 0 Å². The first-order valence-electron chi connectivity index (χ1n) is 5.38. The van der Waals surface area contributed by atoms with Gasteiger partial charge in [-0.3, -0.25) is 0 Å². The maximum Gasteiger partial charge on any atom is 0.0813 e. The van der Waals surface area contributed by atoms with Crippen molar-refractivity contribution in [3.63, 3.8) is 0 Å². The molecule has 0 spiro atoms. The van der Waals surface area contributed by atoms with E-state index in [9.17, 15) is 0 Å². The van der Waals surface area contributed by atoms with Gasteiger partial charge in [-0.25, -0.2) is 4.98 Å². The third-order valence-corrected chi connectivity index (χ3v) is 3.65. The van der Waals surface area contributed by atoms with E-state index in [2.05, 4.69) is 16.4 Å². The molecule has 3 N–H and O–H groups in total. The lowest BCUT2D eigenvalue weighted by Gasteiger charge is -2.09. The minimum Gasteiger partial charge on any atom is -0.397 e. The van der Waals surface area contributed by atoms with Gasteiger partial charge in [0.25, 0.3) is 0 Å². The molecule has 0 aliphatic carbocycles. The molecule has 2 aromatic carbocycles. The Morgan fingerprint density at radius 2 is 2.06 bits per heavy atom. The van der Waals surface area contributed by atoms with Crippen LogP contribution in [-0.2, 0) is 0 Å². The molecule has 0 unspecified atom stereocenters. The third kappa shape index (κ3) is 2.12. The quantitative estimate of drug-likeness (QED) is 0.687. The van der Waals surface area contributed by atoms with E-state index in [-0.39, 0.29) is 0 Å². The summed E-state index contributed by atoms with van der Waals surface area (Å²) in [6.07, 6.45) is 0. The number of nitrogens with one attached hydrogen (secondary N) is 1. The van der Waals surface area contributed by atoms with Crippen LogP contribution in [0.5, 0.6) is 0 Å². The van der Waals surface area contributed by atoms with Crippen molar-refractivity contribution < 1.29 is 0 Å². The molecule has 0 atom stereocenters. The number of halogens is 1. The van der Waals surface area contributed by atoms with Crippen molar-refractivity contribution in [1.82, 2.24) is 4.98 Å². The molecule has 1 heterocycles. The second-order valence-electron chi connectivity index (χ2n) is 3.89. The molecule has 0 amide bonds. The Balaban J connectivity index is 1.95. The molecule has 0 bridgehead atoms. The van der Waals surface area contributed by atoms with Crippen molar-refractivity contribution >= 4 is 50.2 Å². The summed E-state index contributed by atoms with van der Waals surface area (Å²) in [5.41, 5.74) is 11.2. The Hall–Kier alpha value is -1.78. The highest BCUT2D eigenvalue weighted by atomic mass is 35.5. The number of aromatic nitrogens is 1. The Labute approximate surface area is 113 Å². The Bertz CT molecular complexity index is 708. The Morgan fingerprint density at radius 3 is 2.89 bits per heavy atom. The van der Waals surface area contributed by atoms with Crippen LogP contribution >= 0.6 is 22.9 Å². The summed E-state index contributed by atoms with van der Waals surface area (Å²) in [6, 6.07) is 11.4. The molecule has 0 saturated carbocycles. The topological polar surface area (TPSA) is 50.9 Å². The van der Waals surface area contributed by atoms with Crippen LogP contribution in [0.2, 0.25) is 5.02 Å². The normalized spacial score (nSPS) is 10.7. The van der Waals surface area contributed by atoms with Crippen LogP contribution in [0.1, 0.15) is 0 Å². The number of nitrogen functional groups attached to an aromatic ring is 1. The molecular weight excluding hydrogens is 266 g/mol. The van der Waals surface area contributed by atoms with Crippen LogP contribution in [0.25, 0.3) is 10.2 Å². The zero-order valence-corrected chi connectivity index (χ0v) is 10.9. The lowest BCUT2D eigenvalue weighted by atomic mass is 10.2. The second kappa shape index (κ2) is 4.48. The van der Waals surface area contributed by atoms with Gasteiger partial charge in [0.15, 0.2) is 0 Å². The highest BCUT2D eigenvalue weighted by Crippen LogP contribution is 2.28. The molecule has 0 fully saturated rings. The molecule has 0 aliphatic heterocycles. The van der Waals surface area contributed by atoms with E-state index in [0.29, 0.717) is 10.7 Å². The molecule has 3 nitrogen and oxygen atoms in total. The van der Waals surface area contributed by atoms with E-state index in [1.54, 1.807) is 17.4 Å². The van der Waals surface area contributed by atoms with Crippen LogP contribution in [0.3, 0.4) is 0 Å². The summed E-state index contributed by atoms with van der Waals surface area (Å²) >= 11 is 7.48. The zero-order chi connectivity index (χ0) is 12.5. The number of fused-ring (bicyclic) bond motifs is 1. The van der Waals surface area contributed by atoms with Gasteiger partial charge in [0.05, 0.1) is 27.1 Å². The Kier molecular flexibility index (Phi) is 2.81. The average Bonchev–Trinajstić information content (AvgIpc) is 2.80. The van der Waals surface area contributed by atoms with Gasteiger partial charge in [-0.15, -0.1) is 11.3 Å². The zero-order valence-electron chi connectivity index (χ0n) is 9.35. The highest BCUT2D eigenvalue weighted by molar-refractivity contribution is 7.16. The average molecular weight is 276 g/mol. The smallest absolute Gasteiger partial charge is 0.0813 e. The fraction of sp³-hybridized carbons (Fsp3) is 0. The second-order valence-corrected chi connectivity index (χ2v) is 5.21. The van der Waals surface area contributed by atoms with Crippen LogP contribution in [0.15, 0.2) is 41.9 Å². The molecule has 0 saturated heterocycles. The maximum atomic E-state index is 5.91. The summed E-state index contributed by atoms with van der Waals surface area (Å²) in [5.74, 6) is 0. The molecule has 18 heavy (non-hydrogen) atoms. The van der Waals surface area contributed by atoms with Gasteiger partial charge in [0.1, 0.15) is 0 Å². The molecule has 0 radical (unpaired) electrons. The van der Waals surface area contributed by atoms with Crippen molar-refractivity contribution in [2.75, 3.05) is 11.1 Å². The van der Waals surface area contributed by atoms with E-state index in [0.717, 1.165) is 21.6 Å². The lowest BCUT2D eigenvalue weighted by molar-refractivity contribution is 1.49. The number of anilines is 3. The number of hydrogen-bond acceptors (Lipinski definition) is 4. The fourth-order valence-electron chi connectivity index (χ4n) is 1.74. The van der Waals surface area contributed by atoms with Crippen molar-refractivity contribution in [2.24, 2.45) is 0 Å². The third-order valence-electron chi connectivity index (χ3n) is 2.62. The van der Waals surface area contributed by atoms with Crippen LogP contribution in [0.4, 0.5) is 17.1 Å². The number of thiazole rings is 1. The van der Waals surface area contributed by atoms with Gasteiger partial charge in [0, 0.05) is 10.7 Å². The highest BCUT2D eigenvalue weighted by Gasteiger charge is 2.02. The van der Waals surface area contributed by atoms with E-state index in [1.807, 2.05) is 29.8 Å². The molecule has 3 aromatic rings. The van der Waals surface area contributed by atoms with Gasteiger partial charge >= 0.3 is 0 Å². The molecule has 90 valence electrons. The molecule has 3 rings (SSSR count). The first-order valence-corrected chi connectivity index (χ1v) is 6.63. The molecular formula is C13H10ClN3S. The monoisotopic (exact) mass is 275 g/mol. The predicted molar refractivity (Wildman–Crippen MR) is 78.8 cm³/mol. The van der Waals surface area contributed by atoms with E-state index in [4.69, 9.17) is 17.3 Å². The fourth-order valence-corrected chi connectivity index (χ4v) is 2.63. The predicted octanol–water partition coefficient (Wildman–Crippen LogP) is 4.28. The van der Waals surface area contributed by atoms with Gasteiger partial charge < -0.3 is 11.1 Å². The van der Waals surface area contributed by atoms with Gasteiger partial charge in [0.2, 0.25) is 0 Å². The van der Waals surface area contributed by atoms with Crippen molar-refractivity contribution in [3.8, 4) is 0 Å². The molecule has 0 aliphatic rings. The number of benzene rings is 2. The van der Waals surface area contributed by atoms with E-state index >= 15 is 0 Å². The van der Waals surface area contributed by atoms with E-state index < -0.39 is 0 Å². The minimum atomic E-state index is 0.631. The van der Waals surface area contributed by atoms with Gasteiger partial charge in [-0.05, 0) is 36.4 Å².